The van der Waals surface area contributed by atoms with Crippen molar-refractivity contribution in [3.63, 3.8) is 0 Å². The topological polar surface area (TPSA) is 64.1 Å². The lowest BCUT2D eigenvalue weighted by Gasteiger charge is -2.08. The highest BCUT2D eigenvalue weighted by molar-refractivity contribution is 5.84. The molecule has 2 heterocycles. The molecule has 1 N–H and O–H groups in total. The van der Waals surface area contributed by atoms with Crippen LogP contribution in [-0.2, 0) is 17.8 Å². The van der Waals surface area contributed by atoms with Crippen molar-refractivity contribution < 1.29 is 9.53 Å². The number of carbonyl (C=O) groups is 1. The molecular weight excluding hydrogens is 302 g/mol. The molecule has 0 aliphatic heterocycles. The molecule has 0 atom stereocenters. The fourth-order valence-electron chi connectivity index (χ4n) is 2.22. The number of anilines is 1. The standard InChI is InChI=1S/C19H17N3O2/c23-19(24-14-17-7-11-21-12-8-17)22-18-3-1-15(2-4-18)13-16-5-9-20-10-6-16/h1-12H,13-14H2,(H,22,23). The number of carbonyl (C=O) groups excluding carboxylic acids is 1. The van der Waals surface area contributed by atoms with Gasteiger partial charge >= 0.3 is 6.09 Å². The predicted octanol–water partition coefficient (Wildman–Crippen LogP) is 3.82. The van der Waals surface area contributed by atoms with Gasteiger partial charge < -0.3 is 4.74 Å². The van der Waals surface area contributed by atoms with Gasteiger partial charge in [0, 0.05) is 30.5 Å². The summed E-state index contributed by atoms with van der Waals surface area (Å²) in [5.41, 5.74) is 3.96. The summed E-state index contributed by atoms with van der Waals surface area (Å²) in [4.78, 5) is 19.7. The van der Waals surface area contributed by atoms with Gasteiger partial charge in [0.05, 0.1) is 0 Å². The molecule has 0 bridgehead atoms. The van der Waals surface area contributed by atoms with Gasteiger partial charge in [-0.15, -0.1) is 0 Å². The van der Waals surface area contributed by atoms with Crippen molar-refractivity contribution in [3.05, 3.63) is 90.0 Å². The Labute approximate surface area is 140 Å². The van der Waals surface area contributed by atoms with Crippen LogP contribution in [-0.4, -0.2) is 16.1 Å². The maximum atomic E-state index is 11.8. The minimum absolute atomic E-state index is 0.217. The Morgan fingerprint density at radius 2 is 1.33 bits per heavy atom. The smallest absolute Gasteiger partial charge is 0.411 e. The number of nitrogens with one attached hydrogen (secondary N) is 1. The Balaban J connectivity index is 1.51. The average Bonchev–Trinajstić information content (AvgIpc) is 2.63. The van der Waals surface area contributed by atoms with Gasteiger partial charge in [0.15, 0.2) is 0 Å². The van der Waals surface area contributed by atoms with Crippen LogP contribution in [0.4, 0.5) is 10.5 Å². The maximum Gasteiger partial charge on any atom is 0.411 e. The molecule has 3 rings (SSSR count). The van der Waals surface area contributed by atoms with E-state index in [0.29, 0.717) is 5.69 Å². The minimum Gasteiger partial charge on any atom is -0.444 e. The number of amides is 1. The second kappa shape index (κ2) is 7.87. The van der Waals surface area contributed by atoms with E-state index in [1.54, 1.807) is 36.9 Å². The number of aromatic nitrogens is 2. The molecule has 2 aromatic heterocycles. The molecule has 0 saturated carbocycles. The second-order valence-electron chi connectivity index (χ2n) is 5.29. The zero-order valence-corrected chi connectivity index (χ0v) is 13.1. The van der Waals surface area contributed by atoms with Gasteiger partial charge in [0.1, 0.15) is 6.61 Å². The Morgan fingerprint density at radius 1 is 0.792 bits per heavy atom. The van der Waals surface area contributed by atoms with E-state index in [9.17, 15) is 4.79 Å². The molecule has 0 aliphatic carbocycles. The molecule has 1 amide bonds. The van der Waals surface area contributed by atoms with Crippen LogP contribution in [0.2, 0.25) is 0 Å². The van der Waals surface area contributed by atoms with Gasteiger partial charge in [-0.3, -0.25) is 15.3 Å². The number of hydrogen-bond donors (Lipinski definition) is 1. The number of ether oxygens (including phenoxy) is 1. The van der Waals surface area contributed by atoms with E-state index in [1.165, 1.54) is 5.56 Å². The van der Waals surface area contributed by atoms with Crippen molar-refractivity contribution in [1.82, 2.24) is 9.97 Å². The quantitative estimate of drug-likeness (QED) is 0.776. The van der Waals surface area contributed by atoms with Gasteiger partial charge in [-0.2, -0.15) is 0 Å². The summed E-state index contributed by atoms with van der Waals surface area (Å²) in [6.07, 6.45) is 7.24. The molecule has 0 spiro atoms. The Kier molecular flexibility index (Phi) is 5.14. The summed E-state index contributed by atoms with van der Waals surface area (Å²) in [5.74, 6) is 0. The number of nitrogens with zero attached hydrogens (tertiary/aromatic N) is 2. The Bertz CT molecular complexity index is 775. The molecule has 5 heteroatoms. The highest BCUT2D eigenvalue weighted by Crippen LogP contribution is 2.13. The zero-order chi connectivity index (χ0) is 16.6. The van der Waals surface area contributed by atoms with Gasteiger partial charge in [-0.05, 0) is 59.5 Å². The van der Waals surface area contributed by atoms with E-state index in [1.807, 2.05) is 36.4 Å². The van der Waals surface area contributed by atoms with Crippen LogP contribution in [0.3, 0.4) is 0 Å². The monoisotopic (exact) mass is 319 g/mol. The lowest BCUT2D eigenvalue weighted by atomic mass is 10.1. The summed E-state index contributed by atoms with van der Waals surface area (Å²) < 4.78 is 5.17. The first-order valence-electron chi connectivity index (χ1n) is 7.60. The van der Waals surface area contributed by atoms with Crippen molar-refractivity contribution in [2.24, 2.45) is 0 Å². The predicted molar refractivity (Wildman–Crippen MR) is 91.5 cm³/mol. The lowest BCUT2D eigenvalue weighted by Crippen LogP contribution is -2.13. The number of rotatable bonds is 5. The molecule has 120 valence electrons. The van der Waals surface area contributed by atoms with Crippen molar-refractivity contribution in [2.45, 2.75) is 13.0 Å². The highest BCUT2D eigenvalue weighted by atomic mass is 16.5. The van der Waals surface area contributed by atoms with Crippen molar-refractivity contribution >= 4 is 11.8 Å². The Morgan fingerprint density at radius 3 is 1.96 bits per heavy atom. The summed E-state index contributed by atoms with van der Waals surface area (Å²) >= 11 is 0. The normalized spacial score (nSPS) is 10.2. The summed E-state index contributed by atoms with van der Waals surface area (Å²) in [5, 5.41) is 2.72. The average molecular weight is 319 g/mol. The maximum absolute atomic E-state index is 11.8. The van der Waals surface area contributed by atoms with Crippen LogP contribution in [0, 0.1) is 0 Å². The van der Waals surface area contributed by atoms with E-state index in [-0.39, 0.29) is 6.61 Å². The third-order valence-electron chi connectivity index (χ3n) is 3.48. The number of hydrogen-bond acceptors (Lipinski definition) is 4. The van der Waals surface area contributed by atoms with Gasteiger partial charge in [-0.25, -0.2) is 4.79 Å². The molecule has 5 nitrogen and oxygen atoms in total. The van der Waals surface area contributed by atoms with Crippen LogP contribution in [0.5, 0.6) is 0 Å². The third kappa shape index (κ3) is 4.64. The van der Waals surface area contributed by atoms with Crippen LogP contribution in [0.15, 0.2) is 73.3 Å². The Hall–Kier alpha value is -3.21. The van der Waals surface area contributed by atoms with E-state index in [0.717, 1.165) is 17.5 Å². The molecule has 1 aromatic carbocycles. The highest BCUT2D eigenvalue weighted by Gasteiger charge is 2.04. The molecule has 24 heavy (non-hydrogen) atoms. The van der Waals surface area contributed by atoms with Crippen molar-refractivity contribution in [3.8, 4) is 0 Å². The van der Waals surface area contributed by atoms with Crippen LogP contribution < -0.4 is 5.32 Å². The molecule has 0 saturated heterocycles. The van der Waals surface area contributed by atoms with Gasteiger partial charge in [0.25, 0.3) is 0 Å². The SMILES string of the molecule is O=C(Nc1ccc(Cc2ccncc2)cc1)OCc1ccncc1. The fourth-order valence-corrected chi connectivity index (χ4v) is 2.22. The van der Waals surface area contributed by atoms with Crippen LogP contribution >= 0.6 is 0 Å². The van der Waals surface area contributed by atoms with Crippen LogP contribution in [0.25, 0.3) is 0 Å². The lowest BCUT2D eigenvalue weighted by molar-refractivity contribution is 0.155. The summed E-state index contributed by atoms with van der Waals surface area (Å²) in [7, 11) is 0. The van der Waals surface area contributed by atoms with E-state index < -0.39 is 6.09 Å². The van der Waals surface area contributed by atoms with Crippen LogP contribution in [0.1, 0.15) is 16.7 Å². The molecule has 0 fully saturated rings. The zero-order valence-electron chi connectivity index (χ0n) is 13.1. The molecule has 0 aliphatic rings. The number of benzene rings is 1. The first-order valence-corrected chi connectivity index (χ1v) is 7.60. The van der Waals surface area contributed by atoms with Gasteiger partial charge in [0.2, 0.25) is 0 Å². The van der Waals surface area contributed by atoms with E-state index in [4.69, 9.17) is 4.74 Å². The first kappa shape index (κ1) is 15.7. The first-order chi connectivity index (χ1) is 11.8. The minimum atomic E-state index is -0.478. The number of pyridine rings is 2. The molecule has 0 unspecified atom stereocenters. The summed E-state index contributed by atoms with van der Waals surface area (Å²) in [6, 6.07) is 15.3. The largest absolute Gasteiger partial charge is 0.444 e. The van der Waals surface area contributed by atoms with E-state index >= 15 is 0 Å². The molecule has 0 radical (unpaired) electrons. The molecular formula is C19H17N3O2. The van der Waals surface area contributed by atoms with E-state index in [2.05, 4.69) is 15.3 Å². The van der Waals surface area contributed by atoms with Crippen molar-refractivity contribution in [1.29, 1.82) is 0 Å². The second-order valence-corrected chi connectivity index (χ2v) is 5.29. The summed E-state index contributed by atoms with van der Waals surface area (Å²) in [6.45, 7) is 0.217. The van der Waals surface area contributed by atoms with Gasteiger partial charge in [-0.1, -0.05) is 12.1 Å². The van der Waals surface area contributed by atoms with Crippen molar-refractivity contribution in [2.75, 3.05) is 5.32 Å². The third-order valence-corrected chi connectivity index (χ3v) is 3.48. The fraction of sp³-hybridized carbons (Fsp3) is 0.105. The molecule has 3 aromatic rings.